The lowest BCUT2D eigenvalue weighted by molar-refractivity contribution is 0.0748. The molecule has 6 nitrogen and oxygen atoms in total. The molecule has 0 bridgehead atoms. The molecule has 1 fully saturated rings. The number of nitrogens with zero attached hydrogens (tertiary/aromatic N) is 4. The minimum absolute atomic E-state index is 0.110. The number of halogens is 2. The number of aromatic amines is 1. The van der Waals surface area contributed by atoms with Crippen molar-refractivity contribution in [1.82, 2.24) is 15.1 Å². The normalized spacial score (nSPS) is 13.8. The first-order chi connectivity index (χ1) is 16.0. The summed E-state index contributed by atoms with van der Waals surface area (Å²) < 4.78 is 14.2. The highest BCUT2D eigenvalue weighted by Crippen LogP contribution is 2.33. The van der Waals surface area contributed by atoms with Crippen molar-refractivity contribution in [2.75, 3.05) is 31.1 Å². The van der Waals surface area contributed by atoms with Gasteiger partial charge >= 0.3 is 0 Å². The maximum atomic E-state index is 14.2. The lowest BCUT2D eigenvalue weighted by atomic mass is 9.98. The van der Waals surface area contributed by atoms with Crippen LogP contribution in [0.3, 0.4) is 0 Å². The molecule has 0 atom stereocenters. The summed E-state index contributed by atoms with van der Waals surface area (Å²) in [5, 5.41) is 17.3. The first-order valence-electron chi connectivity index (χ1n) is 10.5. The Hall–Kier alpha value is -3.89. The number of rotatable bonds is 3. The lowest BCUT2D eigenvalue weighted by Gasteiger charge is -2.36. The monoisotopic (exact) mass is 459 g/mol. The summed E-state index contributed by atoms with van der Waals surface area (Å²) in [5.74, 6) is -0.370. The number of amides is 1. The molecular formula is C25H19ClFN5O. The first-order valence-corrected chi connectivity index (χ1v) is 10.9. The molecule has 33 heavy (non-hydrogen) atoms. The number of nitriles is 1. The fourth-order valence-corrected chi connectivity index (χ4v) is 4.52. The molecule has 1 aliphatic rings. The van der Waals surface area contributed by atoms with E-state index in [0.29, 0.717) is 48.0 Å². The van der Waals surface area contributed by atoms with Crippen LogP contribution >= 0.6 is 11.6 Å². The highest BCUT2D eigenvalue weighted by Gasteiger charge is 2.25. The second-order valence-electron chi connectivity index (χ2n) is 7.89. The van der Waals surface area contributed by atoms with Gasteiger partial charge in [0.25, 0.3) is 5.91 Å². The molecule has 3 aromatic carbocycles. The largest absolute Gasteiger partial charge is 0.366 e. The van der Waals surface area contributed by atoms with Crippen LogP contribution in [0.4, 0.5) is 10.1 Å². The van der Waals surface area contributed by atoms with Gasteiger partial charge in [-0.3, -0.25) is 9.89 Å². The van der Waals surface area contributed by atoms with Crippen LogP contribution in [0.5, 0.6) is 0 Å². The zero-order chi connectivity index (χ0) is 22.9. The lowest BCUT2D eigenvalue weighted by Crippen LogP contribution is -2.49. The third kappa shape index (κ3) is 3.90. The number of aromatic nitrogens is 2. The quantitative estimate of drug-likeness (QED) is 0.475. The molecule has 1 amide bonds. The van der Waals surface area contributed by atoms with Crippen LogP contribution < -0.4 is 4.90 Å². The average molecular weight is 460 g/mol. The highest BCUT2D eigenvalue weighted by atomic mass is 35.5. The van der Waals surface area contributed by atoms with Gasteiger partial charge in [-0.25, -0.2) is 4.39 Å². The van der Waals surface area contributed by atoms with Crippen molar-refractivity contribution in [1.29, 1.82) is 5.26 Å². The van der Waals surface area contributed by atoms with Gasteiger partial charge in [0.05, 0.1) is 34.6 Å². The molecule has 0 spiro atoms. The average Bonchev–Trinajstić information content (AvgIpc) is 3.32. The number of benzene rings is 3. The molecule has 164 valence electrons. The fourth-order valence-electron chi connectivity index (χ4n) is 4.23. The van der Waals surface area contributed by atoms with Gasteiger partial charge in [-0.15, -0.1) is 0 Å². The zero-order valence-corrected chi connectivity index (χ0v) is 18.3. The molecule has 1 saturated heterocycles. The SMILES string of the molecule is N#Cc1ccc(-c2cc(C(=O)N3CCN(c4ccccc4F)CC3)c3cn[nH]c3c2)c(Cl)c1. The zero-order valence-electron chi connectivity index (χ0n) is 17.6. The van der Waals surface area contributed by atoms with Crippen LogP contribution in [0.1, 0.15) is 15.9 Å². The number of nitrogens with one attached hydrogen (secondary N) is 1. The highest BCUT2D eigenvalue weighted by molar-refractivity contribution is 6.33. The molecule has 1 aliphatic heterocycles. The number of fused-ring (bicyclic) bond motifs is 1. The Morgan fingerprint density at radius 1 is 1.09 bits per heavy atom. The van der Waals surface area contributed by atoms with Crippen molar-refractivity contribution >= 4 is 34.1 Å². The molecule has 5 rings (SSSR count). The Kier molecular flexibility index (Phi) is 5.45. The Morgan fingerprint density at radius 3 is 2.61 bits per heavy atom. The van der Waals surface area contributed by atoms with Gasteiger partial charge in [0.2, 0.25) is 0 Å². The predicted molar refractivity (Wildman–Crippen MR) is 126 cm³/mol. The number of anilines is 1. The Balaban J connectivity index is 1.44. The number of hydrogen-bond donors (Lipinski definition) is 1. The molecule has 0 radical (unpaired) electrons. The second kappa shape index (κ2) is 8.57. The number of H-pyrrole nitrogens is 1. The number of para-hydroxylation sites is 1. The Labute approximate surface area is 194 Å². The molecule has 1 N–H and O–H groups in total. The predicted octanol–water partition coefficient (Wildman–Crippen LogP) is 4.86. The summed E-state index contributed by atoms with van der Waals surface area (Å²) >= 11 is 6.43. The van der Waals surface area contributed by atoms with Crippen LogP contribution in [-0.4, -0.2) is 47.2 Å². The third-order valence-corrected chi connectivity index (χ3v) is 6.27. The van der Waals surface area contributed by atoms with E-state index in [4.69, 9.17) is 16.9 Å². The third-order valence-electron chi connectivity index (χ3n) is 5.96. The molecule has 4 aromatic rings. The van der Waals surface area contributed by atoms with Crippen molar-refractivity contribution in [2.45, 2.75) is 0 Å². The number of carbonyl (C=O) groups excluding carboxylic acids is 1. The van der Waals surface area contributed by atoms with E-state index in [1.807, 2.05) is 23.1 Å². The van der Waals surface area contributed by atoms with E-state index in [9.17, 15) is 9.18 Å². The molecule has 8 heteroatoms. The second-order valence-corrected chi connectivity index (χ2v) is 8.30. The summed E-state index contributed by atoms with van der Waals surface area (Å²) in [7, 11) is 0. The fraction of sp³-hybridized carbons (Fsp3) is 0.160. The van der Waals surface area contributed by atoms with E-state index in [-0.39, 0.29) is 11.7 Å². The Bertz CT molecular complexity index is 1400. The summed E-state index contributed by atoms with van der Waals surface area (Å²) in [6.07, 6.45) is 1.64. The number of carbonyl (C=O) groups is 1. The van der Waals surface area contributed by atoms with E-state index < -0.39 is 0 Å². The van der Waals surface area contributed by atoms with Crippen LogP contribution in [0, 0.1) is 17.1 Å². The van der Waals surface area contributed by atoms with Crippen LogP contribution in [0.25, 0.3) is 22.0 Å². The molecule has 2 heterocycles. The number of piperazine rings is 1. The van der Waals surface area contributed by atoms with E-state index in [1.54, 1.807) is 41.4 Å². The minimum Gasteiger partial charge on any atom is -0.366 e. The minimum atomic E-state index is -0.260. The first kappa shape index (κ1) is 21.0. The van der Waals surface area contributed by atoms with E-state index in [1.165, 1.54) is 6.07 Å². The molecule has 0 aliphatic carbocycles. The van der Waals surface area contributed by atoms with E-state index >= 15 is 0 Å². The van der Waals surface area contributed by atoms with Gasteiger partial charge in [0.15, 0.2) is 0 Å². The molecule has 0 unspecified atom stereocenters. The van der Waals surface area contributed by atoms with Crippen LogP contribution in [0.15, 0.2) is 60.8 Å². The van der Waals surface area contributed by atoms with Crippen molar-refractivity contribution in [3.63, 3.8) is 0 Å². The van der Waals surface area contributed by atoms with Gasteiger partial charge in [-0.2, -0.15) is 10.4 Å². The van der Waals surface area contributed by atoms with Gasteiger partial charge in [-0.05, 0) is 42.0 Å². The summed E-state index contributed by atoms with van der Waals surface area (Å²) in [5.41, 5.74) is 3.76. The van der Waals surface area contributed by atoms with Crippen molar-refractivity contribution in [2.24, 2.45) is 0 Å². The maximum Gasteiger partial charge on any atom is 0.254 e. The van der Waals surface area contributed by atoms with Gasteiger partial charge in [0, 0.05) is 42.2 Å². The molecule has 1 aromatic heterocycles. The molecular weight excluding hydrogens is 441 g/mol. The van der Waals surface area contributed by atoms with Crippen molar-refractivity contribution < 1.29 is 9.18 Å². The summed E-state index contributed by atoms with van der Waals surface area (Å²) in [6, 6.07) is 17.5. The van der Waals surface area contributed by atoms with Crippen LogP contribution in [-0.2, 0) is 0 Å². The van der Waals surface area contributed by atoms with Gasteiger partial charge in [0.1, 0.15) is 5.82 Å². The van der Waals surface area contributed by atoms with Gasteiger partial charge < -0.3 is 9.80 Å². The van der Waals surface area contributed by atoms with E-state index in [2.05, 4.69) is 16.3 Å². The van der Waals surface area contributed by atoms with Crippen molar-refractivity contribution in [3.8, 4) is 17.2 Å². The maximum absolute atomic E-state index is 14.2. The standard InChI is InChI=1S/C25H19ClFN5O/c26-21-11-16(14-28)5-6-18(21)17-12-19(20-15-29-30-23(20)13-17)25(33)32-9-7-31(8-10-32)24-4-2-1-3-22(24)27/h1-6,11-13,15H,7-10H2,(H,29,30). The van der Waals surface area contributed by atoms with Crippen LogP contribution in [0.2, 0.25) is 5.02 Å². The van der Waals surface area contributed by atoms with Crippen molar-refractivity contribution in [3.05, 3.63) is 82.8 Å². The number of hydrogen-bond acceptors (Lipinski definition) is 4. The molecule has 0 saturated carbocycles. The Morgan fingerprint density at radius 2 is 1.88 bits per heavy atom. The smallest absolute Gasteiger partial charge is 0.254 e. The van der Waals surface area contributed by atoms with E-state index in [0.717, 1.165) is 22.0 Å². The summed E-state index contributed by atoms with van der Waals surface area (Å²) in [4.78, 5) is 17.2. The van der Waals surface area contributed by atoms with Gasteiger partial charge in [-0.1, -0.05) is 29.8 Å². The summed E-state index contributed by atoms with van der Waals surface area (Å²) in [6.45, 7) is 2.05. The topological polar surface area (TPSA) is 76.0 Å².